The van der Waals surface area contributed by atoms with Crippen LogP contribution in [0.1, 0.15) is 32.1 Å². The molecule has 2 rings (SSSR count). The standard InChI is InChI=1S/C6H13N.C3H3N3/c7-6-4-2-1-3-5-6;1-2-4-6-5-3-1/h6H,1-5,7H2;1-3H. The van der Waals surface area contributed by atoms with Gasteiger partial charge in [-0.25, -0.2) is 0 Å². The van der Waals surface area contributed by atoms with Gasteiger partial charge < -0.3 is 5.73 Å². The molecule has 1 aromatic heterocycles. The highest BCUT2D eigenvalue weighted by atomic mass is 15.3. The molecule has 0 aliphatic heterocycles. The molecule has 4 nitrogen and oxygen atoms in total. The zero-order valence-corrected chi connectivity index (χ0v) is 7.76. The first-order chi connectivity index (χ1) is 6.39. The maximum absolute atomic E-state index is 5.63. The van der Waals surface area contributed by atoms with E-state index in [2.05, 4.69) is 15.4 Å². The highest BCUT2D eigenvalue weighted by molar-refractivity contribution is 4.69. The molecule has 1 heterocycles. The van der Waals surface area contributed by atoms with Crippen LogP contribution in [-0.4, -0.2) is 21.5 Å². The summed E-state index contributed by atoms with van der Waals surface area (Å²) in [6.07, 6.45) is 9.82. The lowest BCUT2D eigenvalue weighted by atomic mass is 9.97. The van der Waals surface area contributed by atoms with E-state index in [-0.39, 0.29) is 0 Å². The number of hydrogen-bond donors (Lipinski definition) is 1. The van der Waals surface area contributed by atoms with Crippen molar-refractivity contribution in [1.82, 2.24) is 15.4 Å². The molecule has 0 atom stereocenters. The average Bonchev–Trinajstić information content (AvgIpc) is 2.22. The molecular formula is C9H16N4. The third kappa shape index (κ3) is 5.25. The van der Waals surface area contributed by atoms with E-state index in [4.69, 9.17) is 5.73 Å². The summed E-state index contributed by atoms with van der Waals surface area (Å²) in [5.41, 5.74) is 5.63. The Bertz CT molecular complexity index is 169. The van der Waals surface area contributed by atoms with Crippen LogP contribution in [0.3, 0.4) is 0 Å². The van der Waals surface area contributed by atoms with Crippen molar-refractivity contribution in [2.24, 2.45) is 5.73 Å². The van der Waals surface area contributed by atoms with Crippen LogP contribution in [0.5, 0.6) is 0 Å². The number of aromatic nitrogens is 3. The Kier molecular flexibility index (Phi) is 5.01. The van der Waals surface area contributed by atoms with E-state index < -0.39 is 0 Å². The van der Waals surface area contributed by atoms with E-state index in [1.54, 1.807) is 18.5 Å². The largest absolute Gasteiger partial charge is 0.328 e. The van der Waals surface area contributed by atoms with Gasteiger partial charge >= 0.3 is 0 Å². The SMILES string of the molecule is NC1CCCCC1.c1cnnnc1. The van der Waals surface area contributed by atoms with Gasteiger partial charge in [0.25, 0.3) is 0 Å². The molecule has 1 fully saturated rings. The van der Waals surface area contributed by atoms with Crippen LogP contribution in [0, 0.1) is 0 Å². The third-order valence-corrected chi connectivity index (χ3v) is 2.06. The van der Waals surface area contributed by atoms with Gasteiger partial charge in [0.15, 0.2) is 0 Å². The van der Waals surface area contributed by atoms with Gasteiger partial charge in [0.05, 0.1) is 12.4 Å². The van der Waals surface area contributed by atoms with Crippen LogP contribution < -0.4 is 5.73 Å². The molecule has 1 aliphatic rings. The fourth-order valence-corrected chi connectivity index (χ4v) is 1.34. The minimum Gasteiger partial charge on any atom is -0.328 e. The van der Waals surface area contributed by atoms with Crippen LogP contribution in [0.15, 0.2) is 18.5 Å². The summed E-state index contributed by atoms with van der Waals surface area (Å²) in [5, 5.41) is 10.1. The second kappa shape index (κ2) is 6.48. The monoisotopic (exact) mass is 180 g/mol. The third-order valence-electron chi connectivity index (χ3n) is 2.06. The van der Waals surface area contributed by atoms with Gasteiger partial charge in [-0.2, -0.15) is 0 Å². The van der Waals surface area contributed by atoms with Gasteiger partial charge in [-0.05, 0) is 24.1 Å². The molecule has 0 bridgehead atoms. The minimum atomic E-state index is 0.536. The smallest absolute Gasteiger partial charge is 0.0529 e. The second-order valence-electron chi connectivity index (χ2n) is 3.21. The van der Waals surface area contributed by atoms with Crippen molar-refractivity contribution in [2.75, 3.05) is 0 Å². The molecule has 2 N–H and O–H groups in total. The number of rotatable bonds is 0. The van der Waals surface area contributed by atoms with Gasteiger partial charge in [0.1, 0.15) is 0 Å². The Morgan fingerprint density at radius 2 is 1.62 bits per heavy atom. The summed E-state index contributed by atoms with van der Waals surface area (Å²) >= 11 is 0. The molecule has 13 heavy (non-hydrogen) atoms. The molecule has 0 saturated heterocycles. The average molecular weight is 180 g/mol. The normalized spacial score (nSPS) is 17.3. The van der Waals surface area contributed by atoms with E-state index >= 15 is 0 Å². The second-order valence-corrected chi connectivity index (χ2v) is 3.21. The van der Waals surface area contributed by atoms with Crippen LogP contribution in [0.2, 0.25) is 0 Å². The Labute approximate surface area is 78.6 Å². The molecule has 0 spiro atoms. The molecule has 1 saturated carbocycles. The lowest BCUT2D eigenvalue weighted by Gasteiger charge is -2.15. The van der Waals surface area contributed by atoms with Gasteiger partial charge in [-0.15, -0.1) is 10.2 Å². The van der Waals surface area contributed by atoms with Crippen molar-refractivity contribution in [3.63, 3.8) is 0 Å². The zero-order chi connectivity index (χ0) is 9.36. The van der Waals surface area contributed by atoms with Crippen LogP contribution in [0.4, 0.5) is 0 Å². The lowest BCUT2D eigenvalue weighted by Crippen LogP contribution is -2.22. The first-order valence-electron chi connectivity index (χ1n) is 4.73. The fraction of sp³-hybridized carbons (Fsp3) is 0.667. The fourth-order valence-electron chi connectivity index (χ4n) is 1.34. The Morgan fingerprint density at radius 1 is 1.00 bits per heavy atom. The summed E-state index contributed by atoms with van der Waals surface area (Å²) in [6.45, 7) is 0. The van der Waals surface area contributed by atoms with E-state index in [0.29, 0.717) is 6.04 Å². The van der Waals surface area contributed by atoms with Gasteiger partial charge in [0, 0.05) is 6.04 Å². The van der Waals surface area contributed by atoms with Crippen molar-refractivity contribution < 1.29 is 0 Å². The molecule has 0 aromatic carbocycles. The number of nitrogens with two attached hydrogens (primary N) is 1. The number of hydrogen-bond acceptors (Lipinski definition) is 4. The minimum absolute atomic E-state index is 0.536. The predicted octanol–water partition coefficient (Wildman–Crippen LogP) is 1.15. The topological polar surface area (TPSA) is 64.7 Å². The summed E-state index contributed by atoms with van der Waals surface area (Å²) in [5.74, 6) is 0. The van der Waals surface area contributed by atoms with Crippen molar-refractivity contribution in [2.45, 2.75) is 38.1 Å². The molecule has 0 unspecified atom stereocenters. The van der Waals surface area contributed by atoms with Crippen molar-refractivity contribution in [3.05, 3.63) is 18.5 Å². The predicted molar refractivity (Wildman–Crippen MR) is 50.9 cm³/mol. The summed E-state index contributed by atoms with van der Waals surface area (Å²) in [4.78, 5) is 0. The summed E-state index contributed by atoms with van der Waals surface area (Å²) in [7, 11) is 0. The summed E-state index contributed by atoms with van der Waals surface area (Å²) in [6, 6.07) is 2.25. The highest BCUT2D eigenvalue weighted by Crippen LogP contribution is 2.14. The number of nitrogens with zero attached hydrogens (tertiary/aromatic N) is 3. The van der Waals surface area contributed by atoms with E-state index in [9.17, 15) is 0 Å². The van der Waals surface area contributed by atoms with Crippen LogP contribution in [0.25, 0.3) is 0 Å². The first kappa shape index (κ1) is 10.1. The molecule has 4 heteroatoms. The maximum atomic E-state index is 5.63. The van der Waals surface area contributed by atoms with Gasteiger partial charge in [-0.3, -0.25) is 0 Å². The van der Waals surface area contributed by atoms with Crippen LogP contribution >= 0.6 is 0 Å². The Hall–Kier alpha value is -1.03. The zero-order valence-electron chi connectivity index (χ0n) is 7.76. The van der Waals surface area contributed by atoms with Gasteiger partial charge in [-0.1, -0.05) is 19.3 Å². The van der Waals surface area contributed by atoms with Crippen molar-refractivity contribution in [1.29, 1.82) is 0 Å². The Morgan fingerprint density at radius 3 is 1.85 bits per heavy atom. The van der Waals surface area contributed by atoms with Crippen LogP contribution in [-0.2, 0) is 0 Å². The summed E-state index contributed by atoms with van der Waals surface area (Å²) < 4.78 is 0. The quantitative estimate of drug-likeness (QED) is 0.650. The van der Waals surface area contributed by atoms with Gasteiger partial charge in [0.2, 0.25) is 0 Å². The van der Waals surface area contributed by atoms with E-state index in [1.165, 1.54) is 32.1 Å². The molecule has 1 aromatic rings. The molecule has 0 radical (unpaired) electrons. The van der Waals surface area contributed by atoms with E-state index in [1.807, 2.05) is 0 Å². The molecule has 72 valence electrons. The molecule has 0 amide bonds. The highest BCUT2D eigenvalue weighted by Gasteiger charge is 2.06. The van der Waals surface area contributed by atoms with Crippen molar-refractivity contribution >= 4 is 0 Å². The first-order valence-corrected chi connectivity index (χ1v) is 4.73. The molecule has 1 aliphatic carbocycles. The maximum Gasteiger partial charge on any atom is 0.0529 e. The van der Waals surface area contributed by atoms with Crippen molar-refractivity contribution in [3.8, 4) is 0 Å². The molecular weight excluding hydrogens is 164 g/mol. The lowest BCUT2D eigenvalue weighted by molar-refractivity contribution is 0.441. The van der Waals surface area contributed by atoms with E-state index in [0.717, 1.165) is 0 Å². The Balaban J connectivity index is 0.000000132.